The van der Waals surface area contributed by atoms with E-state index in [-0.39, 0.29) is 24.6 Å². The molecular formula is C8H16N2O4. The van der Waals surface area contributed by atoms with Crippen molar-refractivity contribution in [2.45, 2.75) is 13.0 Å². The number of hydrogen-bond acceptors (Lipinski definition) is 4. The Bertz CT molecular complexity index is 196. The topological polar surface area (TPSA) is 76.7 Å². The first kappa shape index (κ1) is 12.7. The number of methoxy groups -OCH3 is 1. The van der Waals surface area contributed by atoms with Gasteiger partial charge in [0.15, 0.2) is 0 Å². The summed E-state index contributed by atoms with van der Waals surface area (Å²) in [6, 6.07) is -0.664. The predicted octanol–water partition coefficient (Wildman–Crippen LogP) is -0.506. The molecule has 82 valence electrons. The largest absolute Gasteiger partial charge is 0.464 e. The van der Waals surface area contributed by atoms with Crippen LogP contribution in [0.2, 0.25) is 0 Å². The minimum atomic E-state index is -0.384. The van der Waals surface area contributed by atoms with Crippen molar-refractivity contribution < 1.29 is 19.1 Å². The van der Waals surface area contributed by atoms with Crippen molar-refractivity contribution in [2.75, 3.05) is 27.4 Å². The molecule has 6 heteroatoms. The second kappa shape index (κ2) is 7.14. The second-order valence-electron chi connectivity index (χ2n) is 2.68. The molecule has 0 aliphatic heterocycles. The SMILES string of the molecule is CNC(=O)NC(COC)COC(C)=O. The van der Waals surface area contributed by atoms with E-state index >= 15 is 0 Å². The second-order valence-corrected chi connectivity index (χ2v) is 2.68. The molecule has 0 saturated carbocycles. The number of rotatable bonds is 5. The molecule has 1 atom stereocenters. The van der Waals surface area contributed by atoms with E-state index < -0.39 is 0 Å². The maximum atomic E-state index is 10.9. The zero-order valence-corrected chi connectivity index (χ0v) is 8.62. The summed E-state index contributed by atoms with van der Waals surface area (Å²) in [7, 11) is 3.01. The standard InChI is InChI=1S/C8H16N2O4/c1-6(11)14-5-7(4-13-3)10-8(12)9-2/h7H,4-5H2,1-3H3,(H2,9,10,12). The van der Waals surface area contributed by atoms with Crippen molar-refractivity contribution in [3.8, 4) is 0 Å². The van der Waals surface area contributed by atoms with Gasteiger partial charge in [-0.15, -0.1) is 0 Å². The van der Waals surface area contributed by atoms with Crippen LogP contribution in [0, 0.1) is 0 Å². The molecule has 0 bridgehead atoms. The highest BCUT2D eigenvalue weighted by Gasteiger charge is 2.12. The van der Waals surface area contributed by atoms with Crippen LogP contribution < -0.4 is 10.6 Å². The Hall–Kier alpha value is -1.30. The number of hydrogen-bond donors (Lipinski definition) is 2. The van der Waals surface area contributed by atoms with Crippen LogP contribution in [0.1, 0.15) is 6.92 Å². The third-order valence-corrected chi connectivity index (χ3v) is 1.42. The lowest BCUT2D eigenvalue weighted by Gasteiger charge is -2.16. The molecule has 0 heterocycles. The first-order valence-corrected chi connectivity index (χ1v) is 4.20. The molecule has 0 rings (SSSR count). The van der Waals surface area contributed by atoms with Crippen LogP contribution in [-0.4, -0.2) is 45.4 Å². The summed E-state index contributed by atoms with van der Waals surface area (Å²) in [5, 5.41) is 4.97. The molecule has 2 amide bonds. The normalized spacial score (nSPS) is 11.6. The Kier molecular flexibility index (Phi) is 6.47. The summed E-state index contributed by atoms with van der Waals surface area (Å²) >= 11 is 0. The number of nitrogens with one attached hydrogen (secondary N) is 2. The van der Waals surface area contributed by atoms with Crippen LogP contribution in [0.4, 0.5) is 4.79 Å². The van der Waals surface area contributed by atoms with Gasteiger partial charge in [-0.2, -0.15) is 0 Å². The summed E-state index contributed by atoms with van der Waals surface area (Å²) < 4.78 is 9.59. The molecule has 0 aliphatic rings. The maximum absolute atomic E-state index is 10.9. The van der Waals surface area contributed by atoms with Gasteiger partial charge in [-0.25, -0.2) is 4.79 Å². The fourth-order valence-corrected chi connectivity index (χ4v) is 0.808. The number of ether oxygens (including phenoxy) is 2. The first-order valence-electron chi connectivity index (χ1n) is 4.20. The van der Waals surface area contributed by atoms with Gasteiger partial charge in [-0.3, -0.25) is 4.79 Å². The van der Waals surface area contributed by atoms with E-state index in [2.05, 4.69) is 10.6 Å². The van der Waals surface area contributed by atoms with E-state index in [0.29, 0.717) is 6.61 Å². The van der Waals surface area contributed by atoms with E-state index in [1.54, 1.807) is 0 Å². The summed E-state index contributed by atoms with van der Waals surface area (Å²) in [4.78, 5) is 21.4. The average Bonchev–Trinajstić information content (AvgIpc) is 2.14. The van der Waals surface area contributed by atoms with Crippen LogP contribution in [-0.2, 0) is 14.3 Å². The van der Waals surface area contributed by atoms with E-state index in [4.69, 9.17) is 9.47 Å². The number of esters is 1. The number of urea groups is 1. The molecule has 2 N–H and O–H groups in total. The summed E-state index contributed by atoms with van der Waals surface area (Å²) in [6.45, 7) is 1.71. The Morgan fingerprint density at radius 1 is 1.36 bits per heavy atom. The van der Waals surface area contributed by atoms with Crippen molar-refractivity contribution in [3.05, 3.63) is 0 Å². The van der Waals surface area contributed by atoms with Crippen LogP contribution >= 0.6 is 0 Å². The highest BCUT2D eigenvalue weighted by atomic mass is 16.5. The fourth-order valence-electron chi connectivity index (χ4n) is 0.808. The van der Waals surface area contributed by atoms with Crippen molar-refractivity contribution >= 4 is 12.0 Å². The lowest BCUT2D eigenvalue weighted by Crippen LogP contribution is -2.45. The molecule has 0 aromatic rings. The van der Waals surface area contributed by atoms with Gasteiger partial charge >= 0.3 is 12.0 Å². The fraction of sp³-hybridized carbons (Fsp3) is 0.750. The van der Waals surface area contributed by atoms with Crippen molar-refractivity contribution in [3.63, 3.8) is 0 Å². The molecule has 0 aromatic carbocycles. The number of amides is 2. The van der Waals surface area contributed by atoms with Crippen LogP contribution in [0.15, 0.2) is 0 Å². The minimum Gasteiger partial charge on any atom is -0.464 e. The van der Waals surface area contributed by atoms with Gasteiger partial charge < -0.3 is 20.1 Å². The molecule has 6 nitrogen and oxygen atoms in total. The van der Waals surface area contributed by atoms with E-state index in [1.807, 2.05) is 0 Å². The minimum absolute atomic E-state index is 0.108. The molecular weight excluding hydrogens is 188 g/mol. The van der Waals surface area contributed by atoms with E-state index in [0.717, 1.165) is 0 Å². The van der Waals surface area contributed by atoms with Gasteiger partial charge in [0, 0.05) is 21.1 Å². The average molecular weight is 204 g/mol. The molecule has 0 radical (unpaired) electrons. The van der Waals surface area contributed by atoms with Gasteiger partial charge in [0.05, 0.1) is 12.6 Å². The molecule has 14 heavy (non-hydrogen) atoms. The van der Waals surface area contributed by atoms with Gasteiger partial charge in [0.25, 0.3) is 0 Å². The van der Waals surface area contributed by atoms with Crippen molar-refractivity contribution in [2.24, 2.45) is 0 Å². The Morgan fingerprint density at radius 2 is 2.00 bits per heavy atom. The molecule has 0 fully saturated rings. The molecule has 0 saturated heterocycles. The Labute approximate surface area is 82.9 Å². The van der Waals surface area contributed by atoms with E-state index in [9.17, 15) is 9.59 Å². The number of carbonyl (C=O) groups excluding carboxylic acids is 2. The first-order chi connectivity index (χ1) is 6.60. The smallest absolute Gasteiger partial charge is 0.314 e. The molecule has 0 aromatic heterocycles. The Balaban J connectivity index is 3.88. The third-order valence-electron chi connectivity index (χ3n) is 1.42. The summed E-state index contributed by atoms with van der Waals surface area (Å²) in [6.07, 6.45) is 0. The molecule has 0 spiro atoms. The zero-order valence-electron chi connectivity index (χ0n) is 8.62. The monoisotopic (exact) mass is 204 g/mol. The van der Waals surface area contributed by atoms with Gasteiger partial charge in [0.1, 0.15) is 6.61 Å². The highest BCUT2D eigenvalue weighted by Crippen LogP contribution is 1.88. The van der Waals surface area contributed by atoms with Crippen molar-refractivity contribution in [1.29, 1.82) is 0 Å². The Morgan fingerprint density at radius 3 is 2.43 bits per heavy atom. The van der Waals surface area contributed by atoms with Crippen molar-refractivity contribution in [1.82, 2.24) is 10.6 Å². The van der Waals surface area contributed by atoms with Gasteiger partial charge in [-0.1, -0.05) is 0 Å². The zero-order chi connectivity index (χ0) is 11.0. The van der Waals surface area contributed by atoms with Crippen LogP contribution in [0.3, 0.4) is 0 Å². The molecule has 0 aliphatic carbocycles. The van der Waals surface area contributed by atoms with E-state index in [1.165, 1.54) is 21.1 Å². The highest BCUT2D eigenvalue weighted by molar-refractivity contribution is 5.73. The van der Waals surface area contributed by atoms with Gasteiger partial charge in [-0.05, 0) is 0 Å². The van der Waals surface area contributed by atoms with Gasteiger partial charge in [0.2, 0.25) is 0 Å². The lowest BCUT2D eigenvalue weighted by atomic mass is 10.3. The van der Waals surface area contributed by atoms with Crippen LogP contribution in [0.5, 0.6) is 0 Å². The maximum Gasteiger partial charge on any atom is 0.314 e. The predicted molar refractivity (Wildman–Crippen MR) is 49.9 cm³/mol. The quantitative estimate of drug-likeness (QED) is 0.591. The lowest BCUT2D eigenvalue weighted by molar-refractivity contribution is -0.141. The summed E-state index contributed by atoms with van der Waals surface area (Å²) in [5.74, 6) is -0.384. The number of carbonyl (C=O) groups is 2. The third kappa shape index (κ3) is 6.24. The summed E-state index contributed by atoms with van der Waals surface area (Å²) in [5.41, 5.74) is 0. The van der Waals surface area contributed by atoms with Crippen LogP contribution in [0.25, 0.3) is 0 Å². The molecule has 1 unspecified atom stereocenters.